The summed E-state index contributed by atoms with van der Waals surface area (Å²) in [5.74, 6) is 1.25. The number of carbonyl (C=O) groups excluding carboxylic acids is 1. The molecule has 4 nitrogen and oxygen atoms in total. The molecule has 4 heteroatoms. The van der Waals surface area contributed by atoms with E-state index in [0.29, 0.717) is 11.3 Å². The Labute approximate surface area is 180 Å². The zero-order valence-corrected chi connectivity index (χ0v) is 18.0. The van der Waals surface area contributed by atoms with Crippen LogP contribution >= 0.6 is 0 Å². The molecule has 1 heterocycles. The minimum atomic E-state index is -0.103. The highest BCUT2D eigenvalue weighted by molar-refractivity contribution is 5.75. The van der Waals surface area contributed by atoms with Gasteiger partial charge in [0.2, 0.25) is 0 Å². The van der Waals surface area contributed by atoms with Crippen LogP contribution in [-0.4, -0.2) is 11.0 Å². The Morgan fingerprint density at radius 1 is 1.07 bits per heavy atom. The minimum absolute atomic E-state index is 0.0310. The third kappa shape index (κ3) is 6.69. The highest BCUT2D eigenvalue weighted by Crippen LogP contribution is 2.33. The van der Waals surface area contributed by atoms with E-state index in [4.69, 9.17) is 10.00 Å². The maximum Gasteiger partial charge on any atom is 0.314 e. The van der Waals surface area contributed by atoms with Gasteiger partial charge < -0.3 is 4.74 Å². The molecule has 1 aliphatic carbocycles. The van der Waals surface area contributed by atoms with E-state index < -0.39 is 0 Å². The van der Waals surface area contributed by atoms with Crippen molar-refractivity contribution in [2.45, 2.75) is 71.1 Å². The molecule has 0 saturated heterocycles. The van der Waals surface area contributed by atoms with Crippen LogP contribution in [0.4, 0.5) is 0 Å². The minimum Gasteiger partial charge on any atom is -0.425 e. The van der Waals surface area contributed by atoms with Gasteiger partial charge in [0.05, 0.1) is 23.7 Å². The first kappa shape index (κ1) is 22.0. The highest BCUT2D eigenvalue weighted by Gasteiger charge is 2.27. The first-order chi connectivity index (χ1) is 14.7. The second-order valence-corrected chi connectivity index (χ2v) is 8.43. The number of hydrogen-bond acceptors (Lipinski definition) is 4. The van der Waals surface area contributed by atoms with Gasteiger partial charge in [-0.25, -0.2) is 0 Å². The monoisotopic (exact) mass is 404 g/mol. The number of ether oxygens (including phenoxy) is 1. The number of unbranched alkanes of at least 4 members (excludes halogenated alkanes) is 2. The Hall–Kier alpha value is -2.67. The molecule has 2 aromatic rings. The molecule has 0 N–H and O–H groups in total. The van der Waals surface area contributed by atoms with Crippen molar-refractivity contribution in [2.24, 2.45) is 11.8 Å². The zero-order valence-electron chi connectivity index (χ0n) is 18.0. The molecule has 0 amide bonds. The Morgan fingerprint density at radius 3 is 2.47 bits per heavy atom. The SMILES string of the molecule is CCCCC[C@H]1CC[C@H](C(=O)Oc2ccc(CCc3ccc(C#N)cc3)nc2)CC1. The lowest BCUT2D eigenvalue weighted by Gasteiger charge is -2.27. The number of nitriles is 1. The largest absolute Gasteiger partial charge is 0.425 e. The van der Waals surface area contributed by atoms with Crippen LogP contribution in [0.25, 0.3) is 0 Å². The predicted molar refractivity (Wildman–Crippen MR) is 118 cm³/mol. The molecule has 1 saturated carbocycles. The Balaban J connectivity index is 1.41. The van der Waals surface area contributed by atoms with Crippen LogP contribution in [0.15, 0.2) is 42.6 Å². The summed E-state index contributed by atoms with van der Waals surface area (Å²) in [7, 11) is 0. The van der Waals surface area contributed by atoms with Gasteiger partial charge in [-0.2, -0.15) is 5.26 Å². The van der Waals surface area contributed by atoms with Gasteiger partial charge in [0.15, 0.2) is 0 Å². The van der Waals surface area contributed by atoms with E-state index in [9.17, 15) is 4.79 Å². The van der Waals surface area contributed by atoms with E-state index in [1.54, 1.807) is 6.20 Å². The van der Waals surface area contributed by atoms with Crippen LogP contribution in [0.2, 0.25) is 0 Å². The second-order valence-electron chi connectivity index (χ2n) is 8.43. The van der Waals surface area contributed by atoms with Gasteiger partial charge in [0.25, 0.3) is 0 Å². The summed E-state index contributed by atoms with van der Waals surface area (Å²) < 4.78 is 5.60. The van der Waals surface area contributed by atoms with Crippen molar-refractivity contribution in [2.75, 3.05) is 0 Å². The van der Waals surface area contributed by atoms with E-state index >= 15 is 0 Å². The van der Waals surface area contributed by atoms with E-state index in [1.807, 2.05) is 36.4 Å². The summed E-state index contributed by atoms with van der Waals surface area (Å²) in [6.45, 7) is 2.24. The molecular weight excluding hydrogens is 372 g/mol. The normalized spacial score (nSPS) is 18.5. The van der Waals surface area contributed by atoms with Crippen LogP contribution in [0.1, 0.15) is 75.1 Å². The molecule has 1 aromatic carbocycles. The smallest absolute Gasteiger partial charge is 0.314 e. The van der Waals surface area contributed by atoms with Crippen molar-refractivity contribution < 1.29 is 9.53 Å². The number of rotatable bonds is 9. The fourth-order valence-electron chi connectivity index (χ4n) is 4.21. The van der Waals surface area contributed by atoms with Gasteiger partial charge in [-0.3, -0.25) is 9.78 Å². The number of benzene rings is 1. The van der Waals surface area contributed by atoms with Gasteiger partial charge in [0.1, 0.15) is 5.75 Å². The third-order valence-corrected chi connectivity index (χ3v) is 6.16. The van der Waals surface area contributed by atoms with Crippen molar-refractivity contribution in [3.8, 4) is 11.8 Å². The lowest BCUT2D eigenvalue weighted by molar-refractivity contribution is -0.140. The summed E-state index contributed by atoms with van der Waals surface area (Å²) in [6.07, 6.45) is 12.7. The lowest BCUT2D eigenvalue weighted by atomic mass is 9.80. The Kier molecular flexibility index (Phi) is 8.44. The summed E-state index contributed by atoms with van der Waals surface area (Å²) in [5.41, 5.74) is 2.82. The van der Waals surface area contributed by atoms with Gasteiger partial charge in [-0.1, -0.05) is 44.7 Å². The van der Waals surface area contributed by atoms with Crippen LogP contribution in [-0.2, 0) is 17.6 Å². The van der Waals surface area contributed by atoms with Crippen LogP contribution in [0, 0.1) is 23.2 Å². The lowest BCUT2D eigenvalue weighted by Crippen LogP contribution is -2.25. The number of carbonyl (C=O) groups is 1. The van der Waals surface area contributed by atoms with Crippen molar-refractivity contribution in [1.82, 2.24) is 4.98 Å². The van der Waals surface area contributed by atoms with E-state index in [-0.39, 0.29) is 11.9 Å². The zero-order chi connectivity index (χ0) is 21.2. The molecule has 1 aromatic heterocycles. The molecule has 0 spiro atoms. The maximum absolute atomic E-state index is 12.5. The number of esters is 1. The van der Waals surface area contributed by atoms with Crippen LogP contribution in [0.3, 0.4) is 0 Å². The van der Waals surface area contributed by atoms with Gasteiger partial charge in [-0.15, -0.1) is 0 Å². The maximum atomic E-state index is 12.5. The fraction of sp³-hybridized carbons (Fsp3) is 0.500. The number of nitrogens with zero attached hydrogens (tertiary/aromatic N) is 2. The topological polar surface area (TPSA) is 63.0 Å². The van der Waals surface area contributed by atoms with E-state index in [2.05, 4.69) is 18.0 Å². The summed E-state index contributed by atoms with van der Waals surface area (Å²) in [5, 5.41) is 8.86. The fourth-order valence-corrected chi connectivity index (χ4v) is 4.21. The van der Waals surface area contributed by atoms with E-state index in [0.717, 1.165) is 50.1 Å². The first-order valence-corrected chi connectivity index (χ1v) is 11.3. The summed E-state index contributed by atoms with van der Waals surface area (Å²) >= 11 is 0. The molecule has 1 fully saturated rings. The molecule has 30 heavy (non-hydrogen) atoms. The van der Waals surface area contributed by atoms with Gasteiger partial charge in [0, 0.05) is 5.69 Å². The Morgan fingerprint density at radius 2 is 1.83 bits per heavy atom. The number of aromatic nitrogens is 1. The highest BCUT2D eigenvalue weighted by atomic mass is 16.5. The quantitative estimate of drug-likeness (QED) is 0.378. The van der Waals surface area contributed by atoms with Crippen LogP contribution in [0.5, 0.6) is 5.75 Å². The average molecular weight is 405 g/mol. The summed E-state index contributed by atoms with van der Waals surface area (Å²) in [6, 6.07) is 13.5. The number of hydrogen-bond donors (Lipinski definition) is 0. The van der Waals surface area contributed by atoms with Crippen LogP contribution < -0.4 is 4.74 Å². The van der Waals surface area contributed by atoms with Crippen molar-refractivity contribution >= 4 is 5.97 Å². The molecule has 0 atom stereocenters. The van der Waals surface area contributed by atoms with Gasteiger partial charge >= 0.3 is 5.97 Å². The number of aryl methyl sites for hydroxylation is 2. The molecule has 158 valence electrons. The first-order valence-electron chi connectivity index (χ1n) is 11.3. The molecular formula is C26H32N2O2. The van der Waals surface area contributed by atoms with Crippen molar-refractivity contribution in [3.63, 3.8) is 0 Å². The second kappa shape index (κ2) is 11.5. The van der Waals surface area contributed by atoms with Gasteiger partial charge in [-0.05, 0) is 74.3 Å². The summed E-state index contributed by atoms with van der Waals surface area (Å²) in [4.78, 5) is 17.0. The molecule has 0 unspecified atom stereocenters. The number of pyridine rings is 1. The molecule has 3 rings (SSSR count). The standard InChI is InChI=1S/C26H32N2O2/c1-2-3-4-5-20-10-13-23(14-11-20)26(29)30-25-17-16-24(28-19-25)15-12-21-6-8-22(18-27)9-7-21/h6-9,16-17,19-20,23H,2-5,10-15H2,1H3/t20-,23-. The van der Waals surface area contributed by atoms with E-state index in [1.165, 1.54) is 31.2 Å². The van der Waals surface area contributed by atoms with Crippen molar-refractivity contribution in [1.29, 1.82) is 5.26 Å². The van der Waals surface area contributed by atoms with Crippen molar-refractivity contribution in [3.05, 3.63) is 59.4 Å². The predicted octanol–water partition coefficient (Wildman–Crippen LogP) is 6.03. The molecule has 0 aliphatic heterocycles. The Bertz CT molecular complexity index is 829. The average Bonchev–Trinajstić information content (AvgIpc) is 2.79. The molecule has 0 radical (unpaired) electrons. The molecule has 0 bridgehead atoms. The molecule has 1 aliphatic rings. The third-order valence-electron chi connectivity index (χ3n) is 6.16.